The van der Waals surface area contributed by atoms with Crippen LogP contribution >= 0.6 is 0 Å². The molecule has 0 saturated carbocycles. The Labute approximate surface area is 94.6 Å². The van der Waals surface area contributed by atoms with Crippen LogP contribution in [-0.4, -0.2) is 40.7 Å². The van der Waals surface area contributed by atoms with Crippen molar-refractivity contribution in [3.63, 3.8) is 0 Å². The van der Waals surface area contributed by atoms with Gasteiger partial charge in [-0.1, -0.05) is 0 Å². The fourth-order valence-electron chi connectivity index (χ4n) is 0.150. The zero-order valence-corrected chi connectivity index (χ0v) is 7.34. The van der Waals surface area contributed by atoms with E-state index in [1.807, 2.05) is 0 Å². The summed E-state index contributed by atoms with van der Waals surface area (Å²) < 4.78 is 0. The Morgan fingerprint density at radius 3 is 1.22 bits per heavy atom. The summed E-state index contributed by atoms with van der Waals surface area (Å²) in [5.74, 6) is 0. The fraction of sp³-hybridized carbons (Fsp3) is 1.00. The van der Waals surface area contributed by atoms with E-state index in [2.05, 4.69) is 0 Å². The molecule has 1 radical (unpaired) electrons. The minimum atomic E-state index is -1.21. The van der Waals surface area contributed by atoms with Gasteiger partial charge in [0.05, 0.1) is 25.4 Å². The molecule has 4 nitrogen and oxygen atoms in total. The molecular formula is C4H11EuNO3. The van der Waals surface area contributed by atoms with Gasteiger partial charge in [0, 0.05) is 49.4 Å². The first kappa shape index (κ1) is 13.0. The van der Waals surface area contributed by atoms with Crippen LogP contribution in [0, 0.1) is 49.4 Å². The standard InChI is InChI=1S/C4H11NO3.Eu/c5-4(1-6,2-7)3-8;/h6-8H,1-3,5H2;. The third-order valence-corrected chi connectivity index (χ3v) is 0.945. The number of aliphatic hydroxyl groups excluding tert-OH is 3. The Balaban J connectivity index is 0. The van der Waals surface area contributed by atoms with Gasteiger partial charge in [0.1, 0.15) is 0 Å². The van der Waals surface area contributed by atoms with Crippen molar-refractivity contribution in [2.45, 2.75) is 5.54 Å². The molecule has 0 bridgehead atoms. The van der Waals surface area contributed by atoms with Gasteiger partial charge in [-0.15, -0.1) is 0 Å². The summed E-state index contributed by atoms with van der Waals surface area (Å²) in [6.45, 7) is -1.21. The number of rotatable bonds is 3. The van der Waals surface area contributed by atoms with Crippen molar-refractivity contribution in [2.24, 2.45) is 5.73 Å². The second-order valence-electron chi connectivity index (χ2n) is 1.84. The Morgan fingerprint density at radius 2 is 1.22 bits per heavy atom. The van der Waals surface area contributed by atoms with Crippen molar-refractivity contribution in [3.8, 4) is 0 Å². The van der Waals surface area contributed by atoms with E-state index in [0.29, 0.717) is 0 Å². The Kier molecular flexibility index (Phi) is 8.92. The van der Waals surface area contributed by atoms with Gasteiger partial charge in [-0.25, -0.2) is 0 Å². The van der Waals surface area contributed by atoms with Crippen molar-refractivity contribution in [3.05, 3.63) is 0 Å². The Hall–Kier alpha value is 1.42. The van der Waals surface area contributed by atoms with Crippen LogP contribution in [0.25, 0.3) is 0 Å². The van der Waals surface area contributed by atoms with Gasteiger partial charge in [0.2, 0.25) is 0 Å². The van der Waals surface area contributed by atoms with E-state index in [9.17, 15) is 0 Å². The van der Waals surface area contributed by atoms with E-state index in [1.54, 1.807) is 0 Å². The predicted octanol–water partition coefficient (Wildman–Crippen LogP) is -2.34. The molecule has 0 fully saturated rings. The van der Waals surface area contributed by atoms with Crippen LogP contribution in [0.3, 0.4) is 0 Å². The summed E-state index contributed by atoms with van der Waals surface area (Å²) in [4.78, 5) is 0. The summed E-state index contributed by atoms with van der Waals surface area (Å²) in [6, 6.07) is 0. The monoisotopic (exact) mass is 274 g/mol. The van der Waals surface area contributed by atoms with Gasteiger partial charge >= 0.3 is 0 Å². The second-order valence-corrected chi connectivity index (χ2v) is 1.84. The molecule has 0 aliphatic rings. The first-order chi connectivity index (χ1) is 3.68. The van der Waals surface area contributed by atoms with Crippen molar-refractivity contribution in [1.29, 1.82) is 0 Å². The summed E-state index contributed by atoms with van der Waals surface area (Å²) in [5.41, 5.74) is 3.94. The molecule has 0 heterocycles. The first-order valence-corrected chi connectivity index (χ1v) is 2.30. The zero-order chi connectivity index (χ0) is 6.62. The summed E-state index contributed by atoms with van der Waals surface area (Å²) >= 11 is 0. The van der Waals surface area contributed by atoms with E-state index >= 15 is 0 Å². The quantitative estimate of drug-likeness (QED) is 0.464. The number of hydrogen-bond donors (Lipinski definition) is 4. The molecule has 57 valence electrons. The van der Waals surface area contributed by atoms with Crippen molar-refractivity contribution in [2.75, 3.05) is 19.8 Å². The first-order valence-electron chi connectivity index (χ1n) is 2.30. The van der Waals surface area contributed by atoms with E-state index in [-0.39, 0.29) is 49.4 Å². The van der Waals surface area contributed by atoms with Crippen molar-refractivity contribution >= 4 is 0 Å². The van der Waals surface area contributed by atoms with Crippen LogP contribution in [0.4, 0.5) is 0 Å². The summed E-state index contributed by atoms with van der Waals surface area (Å²) in [6.07, 6.45) is 0. The largest absolute Gasteiger partial charge is 0.394 e. The molecule has 0 aromatic carbocycles. The number of aliphatic hydroxyl groups is 3. The van der Waals surface area contributed by atoms with Gasteiger partial charge in [0.25, 0.3) is 0 Å². The molecule has 0 rings (SSSR count). The molecule has 0 aromatic rings. The maximum Gasteiger partial charge on any atom is 0.0856 e. The van der Waals surface area contributed by atoms with Crippen LogP contribution < -0.4 is 5.73 Å². The maximum absolute atomic E-state index is 8.34. The third-order valence-electron chi connectivity index (χ3n) is 0.945. The average Bonchev–Trinajstić information content (AvgIpc) is 1.87. The van der Waals surface area contributed by atoms with E-state index in [0.717, 1.165) is 0 Å². The summed E-state index contributed by atoms with van der Waals surface area (Å²) in [5, 5.41) is 25.0. The molecule has 0 saturated heterocycles. The van der Waals surface area contributed by atoms with Gasteiger partial charge in [-0.3, -0.25) is 0 Å². The van der Waals surface area contributed by atoms with E-state index in [1.165, 1.54) is 0 Å². The third kappa shape index (κ3) is 4.78. The smallest absolute Gasteiger partial charge is 0.0856 e. The van der Waals surface area contributed by atoms with Gasteiger partial charge in [-0.2, -0.15) is 0 Å². The van der Waals surface area contributed by atoms with Crippen LogP contribution in [-0.2, 0) is 0 Å². The molecule has 0 amide bonds. The van der Waals surface area contributed by atoms with Crippen molar-refractivity contribution in [1.82, 2.24) is 0 Å². The van der Waals surface area contributed by atoms with Crippen LogP contribution in [0.2, 0.25) is 0 Å². The molecule has 9 heavy (non-hydrogen) atoms. The van der Waals surface area contributed by atoms with Gasteiger partial charge in [-0.05, 0) is 0 Å². The molecule has 5 heteroatoms. The number of nitrogens with two attached hydrogens (primary N) is 1. The van der Waals surface area contributed by atoms with E-state index in [4.69, 9.17) is 21.1 Å². The summed E-state index contributed by atoms with van der Waals surface area (Å²) in [7, 11) is 0. The molecular weight excluding hydrogens is 262 g/mol. The van der Waals surface area contributed by atoms with Crippen LogP contribution in [0.5, 0.6) is 0 Å². The Bertz CT molecular complexity index is 58.6. The Morgan fingerprint density at radius 1 is 1.00 bits per heavy atom. The SMILES string of the molecule is NC(CO)(CO)CO.[Eu]. The maximum atomic E-state index is 8.34. The fourth-order valence-corrected chi connectivity index (χ4v) is 0.150. The zero-order valence-electron chi connectivity index (χ0n) is 4.92. The van der Waals surface area contributed by atoms with Gasteiger partial charge < -0.3 is 21.1 Å². The van der Waals surface area contributed by atoms with Crippen LogP contribution in [0.1, 0.15) is 0 Å². The minimum absolute atomic E-state index is 0. The average molecular weight is 273 g/mol. The molecule has 5 N–H and O–H groups in total. The van der Waals surface area contributed by atoms with Gasteiger partial charge in [0.15, 0.2) is 0 Å². The second kappa shape index (κ2) is 6.16. The topological polar surface area (TPSA) is 86.7 Å². The molecule has 0 unspecified atom stereocenters. The molecule has 0 aliphatic carbocycles. The van der Waals surface area contributed by atoms with Crippen LogP contribution in [0.15, 0.2) is 0 Å². The van der Waals surface area contributed by atoms with Crippen molar-refractivity contribution < 1.29 is 64.7 Å². The molecule has 0 spiro atoms. The molecule has 0 aromatic heterocycles. The van der Waals surface area contributed by atoms with E-state index < -0.39 is 25.4 Å². The predicted molar refractivity (Wildman–Crippen MR) is 28.2 cm³/mol. The number of hydrogen-bond acceptors (Lipinski definition) is 4. The minimum Gasteiger partial charge on any atom is -0.394 e. The molecule has 0 aliphatic heterocycles. The normalized spacial score (nSPS) is 10.7. The molecule has 0 atom stereocenters.